The predicted molar refractivity (Wildman–Crippen MR) is 101 cm³/mol. The zero-order chi connectivity index (χ0) is 18.2. The fourth-order valence-electron chi connectivity index (χ4n) is 1.90. The first-order valence-electron chi connectivity index (χ1n) is 7.29. The molecule has 0 bridgehead atoms. The zero-order valence-corrected chi connectivity index (χ0v) is 14.6. The second-order valence-corrected chi connectivity index (χ2v) is 5.79. The van der Waals surface area contributed by atoms with Gasteiger partial charge < -0.3 is 10.6 Å². The van der Waals surface area contributed by atoms with Crippen LogP contribution in [-0.4, -0.2) is 29.0 Å². The van der Waals surface area contributed by atoms with E-state index in [1.54, 1.807) is 36.4 Å². The Kier molecular flexibility index (Phi) is 6.67. The Bertz CT molecular complexity index is 766. The highest BCUT2D eigenvalue weighted by Gasteiger charge is 2.07. The quantitative estimate of drug-likeness (QED) is 0.309. The van der Waals surface area contributed by atoms with Crippen LogP contribution in [0.5, 0.6) is 0 Å². The molecule has 0 saturated carbocycles. The van der Waals surface area contributed by atoms with E-state index in [4.69, 9.17) is 23.8 Å². The Labute approximate surface area is 154 Å². The molecule has 0 aliphatic carbocycles. The molecule has 7 nitrogen and oxygen atoms in total. The molecule has 0 radical (unpaired) electrons. The van der Waals surface area contributed by atoms with Crippen molar-refractivity contribution in [2.75, 3.05) is 18.4 Å². The fourth-order valence-corrected chi connectivity index (χ4v) is 2.23. The van der Waals surface area contributed by atoms with Crippen molar-refractivity contribution in [2.45, 2.75) is 0 Å². The van der Waals surface area contributed by atoms with E-state index in [1.807, 2.05) is 0 Å². The number of carbonyl (C=O) groups excluding carboxylic acids is 1. The molecule has 0 aromatic heterocycles. The maximum absolute atomic E-state index is 12.0. The summed E-state index contributed by atoms with van der Waals surface area (Å²) < 4.78 is 0. The number of rotatable bonds is 6. The highest BCUT2D eigenvalue weighted by Crippen LogP contribution is 2.14. The number of thiocarbonyl (C=S) groups is 1. The number of nitrogens with one attached hydrogen (secondary N) is 3. The van der Waals surface area contributed by atoms with Gasteiger partial charge in [-0.05, 0) is 48.6 Å². The first-order valence-corrected chi connectivity index (χ1v) is 8.07. The molecule has 0 fully saturated rings. The van der Waals surface area contributed by atoms with Crippen molar-refractivity contribution in [2.24, 2.45) is 0 Å². The number of nitro groups is 1. The second-order valence-electron chi connectivity index (χ2n) is 4.95. The summed E-state index contributed by atoms with van der Waals surface area (Å²) in [6, 6.07) is 12.6. The molecule has 2 rings (SSSR count). The summed E-state index contributed by atoms with van der Waals surface area (Å²) in [5.74, 6) is -0.322. The van der Waals surface area contributed by atoms with E-state index in [2.05, 4.69) is 16.0 Å². The molecule has 130 valence electrons. The fraction of sp³-hybridized carbons (Fsp3) is 0.125. The van der Waals surface area contributed by atoms with Crippen LogP contribution in [-0.2, 0) is 0 Å². The lowest BCUT2D eigenvalue weighted by Crippen LogP contribution is -2.41. The second kappa shape index (κ2) is 8.95. The molecule has 2 aromatic carbocycles. The monoisotopic (exact) mass is 378 g/mol. The van der Waals surface area contributed by atoms with E-state index in [0.717, 1.165) is 5.69 Å². The summed E-state index contributed by atoms with van der Waals surface area (Å²) in [6.45, 7) is 0.992. The number of nitrogens with zero attached hydrogens (tertiary/aromatic N) is 1. The van der Waals surface area contributed by atoms with Crippen LogP contribution in [0.3, 0.4) is 0 Å². The van der Waals surface area contributed by atoms with Gasteiger partial charge in [0.25, 0.3) is 11.6 Å². The number of hydrogen-bond acceptors (Lipinski definition) is 5. The third-order valence-electron chi connectivity index (χ3n) is 3.15. The Morgan fingerprint density at radius 2 is 1.72 bits per heavy atom. The number of benzene rings is 2. The maximum Gasteiger partial charge on any atom is 0.269 e. The summed E-state index contributed by atoms with van der Waals surface area (Å²) in [4.78, 5) is 22.1. The van der Waals surface area contributed by atoms with E-state index in [9.17, 15) is 14.9 Å². The normalized spacial score (nSPS) is 9.96. The Hall–Kier alpha value is -2.71. The van der Waals surface area contributed by atoms with E-state index >= 15 is 0 Å². The lowest BCUT2D eigenvalue weighted by Gasteiger charge is -2.11. The number of carbonyl (C=O) groups is 1. The number of nitro benzene ring substituents is 1. The van der Waals surface area contributed by atoms with E-state index in [-0.39, 0.29) is 16.7 Å². The Morgan fingerprint density at radius 1 is 1.08 bits per heavy atom. The summed E-state index contributed by atoms with van der Waals surface area (Å²) in [5.41, 5.74) is 1.25. The van der Waals surface area contributed by atoms with Crippen LogP contribution in [0.1, 0.15) is 10.4 Å². The van der Waals surface area contributed by atoms with Gasteiger partial charge >= 0.3 is 0 Å². The Balaban J connectivity index is 1.70. The largest absolute Gasteiger partial charge is 0.383 e. The van der Waals surface area contributed by atoms with Gasteiger partial charge in [-0.3, -0.25) is 20.2 Å². The third kappa shape index (κ3) is 6.02. The molecule has 0 unspecified atom stereocenters. The minimum Gasteiger partial charge on any atom is -0.383 e. The van der Waals surface area contributed by atoms with Crippen molar-refractivity contribution >= 4 is 46.2 Å². The van der Waals surface area contributed by atoms with E-state index < -0.39 is 4.92 Å². The minimum absolute atomic E-state index is 0.0368. The molecule has 3 N–H and O–H groups in total. The Morgan fingerprint density at radius 3 is 2.32 bits per heavy atom. The molecule has 0 saturated heterocycles. The molecule has 2 aromatic rings. The van der Waals surface area contributed by atoms with Gasteiger partial charge in [-0.1, -0.05) is 11.6 Å². The van der Waals surface area contributed by atoms with Crippen LogP contribution in [0, 0.1) is 10.1 Å². The van der Waals surface area contributed by atoms with Crippen LogP contribution in [0.25, 0.3) is 0 Å². The van der Waals surface area contributed by atoms with Crippen LogP contribution >= 0.6 is 23.8 Å². The number of anilines is 1. The van der Waals surface area contributed by atoms with Gasteiger partial charge in [-0.2, -0.15) is 0 Å². The number of amides is 1. The third-order valence-corrected chi connectivity index (χ3v) is 3.65. The molecular formula is C16H15ClN4O3S. The van der Waals surface area contributed by atoms with Gasteiger partial charge in [0.05, 0.1) is 4.92 Å². The predicted octanol–water partition coefficient (Wildman–Crippen LogP) is 2.96. The lowest BCUT2D eigenvalue weighted by molar-refractivity contribution is -0.384. The minimum atomic E-state index is -0.451. The molecule has 25 heavy (non-hydrogen) atoms. The van der Waals surface area contributed by atoms with Crippen molar-refractivity contribution in [1.29, 1.82) is 0 Å². The highest BCUT2D eigenvalue weighted by atomic mass is 35.5. The molecule has 0 aliphatic rings. The molecule has 0 spiro atoms. The van der Waals surface area contributed by atoms with Gasteiger partial charge in [0, 0.05) is 41.5 Å². The van der Waals surface area contributed by atoms with Gasteiger partial charge in [0.1, 0.15) is 0 Å². The summed E-state index contributed by atoms with van der Waals surface area (Å²) in [5, 5.41) is 19.9. The van der Waals surface area contributed by atoms with Gasteiger partial charge in [-0.15, -0.1) is 0 Å². The molecular weight excluding hydrogens is 364 g/mol. The summed E-state index contributed by atoms with van der Waals surface area (Å²) in [7, 11) is 0. The topological polar surface area (TPSA) is 96.3 Å². The first kappa shape index (κ1) is 18.6. The van der Waals surface area contributed by atoms with Crippen molar-refractivity contribution in [1.82, 2.24) is 10.6 Å². The van der Waals surface area contributed by atoms with Crippen molar-refractivity contribution in [3.8, 4) is 0 Å². The standard InChI is InChI=1S/C16H15ClN4O3S/c17-12-3-1-11(2-4-12)15(22)20-16(25)19-10-9-18-13-5-7-14(8-6-13)21(23)24/h1-8,18H,9-10H2,(H2,19,20,22,25). The average Bonchev–Trinajstić information content (AvgIpc) is 2.59. The zero-order valence-electron chi connectivity index (χ0n) is 13.0. The van der Waals surface area contributed by atoms with Gasteiger partial charge in [0.15, 0.2) is 5.11 Å². The smallest absolute Gasteiger partial charge is 0.269 e. The molecule has 9 heteroatoms. The van der Waals surface area contributed by atoms with Gasteiger partial charge in [-0.25, -0.2) is 0 Å². The molecule has 1 amide bonds. The van der Waals surface area contributed by atoms with Gasteiger partial charge in [0.2, 0.25) is 0 Å². The summed E-state index contributed by atoms with van der Waals surface area (Å²) >= 11 is 10.8. The number of hydrogen-bond donors (Lipinski definition) is 3. The van der Waals surface area contributed by atoms with Crippen molar-refractivity contribution in [3.05, 3.63) is 69.2 Å². The van der Waals surface area contributed by atoms with Crippen molar-refractivity contribution < 1.29 is 9.72 Å². The van der Waals surface area contributed by atoms with E-state index in [0.29, 0.717) is 23.7 Å². The summed E-state index contributed by atoms with van der Waals surface area (Å²) in [6.07, 6.45) is 0. The average molecular weight is 379 g/mol. The highest BCUT2D eigenvalue weighted by molar-refractivity contribution is 7.80. The van der Waals surface area contributed by atoms with E-state index in [1.165, 1.54) is 12.1 Å². The van der Waals surface area contributed by atoms with Crippen molar-refractivity contribution in [3.63, 3.8) is 0 Å². The molecule has 0 heterocycles. The first-order chi connectivity index (χ1) is 12.0. The molecule has 0 aliphatic heterocycles. The van der Waals surface area contributed by atoms with Crippen LogP contribution in [0.15, 0.2) is 48.5 Å². The molecule has 0 atom stereocenters. The number of halogens is 1. The number of non-ortho nitro benzene ring substituents is 1. The van der Waals surface area contributed by atoms with Crippen LogP contribution in [0.2, 0.25) is 5.02 Å². The van der Waals surface area contributed by atoms with Crippen LogP contribution in [0.4, 0.5) is 11.4 Å². The maximum atomic E-state index is 12.0. The van der Waals surface area contributed by atoms with Crippen LogP contribution < -0.4 is 16.0 Å². The lowest BCUT2D eigenvalue weighted by atomic mass is 10.2. The SMILES string of the molecule is O=C(NC(=S)NCCNc1ccc([N+](=O)[O-])cc1)c1ccc(Cl)cc1.